The molecule has 2 aromatic rings. The Balaban J connectivity index is 1.83. The van der Waals surface area contributed by atoms with Gasteiger partial charge in [-0.15, -0.1) is 11.8 Å². The molecule has 2 N–H and O–H groups in total. The molecule has 2 aliphatic rings. The molecule has 0 bridgehead atoms. The first-order valence-electron chi connectivity index (χ1n) is 8.40. The van der Waals surface area contributed by atoms with Crippen LogP contribution in [0.4, 0.5) is 5.69 Å². The Kier molecular flexibility index (Phi) is 4.70. The van der Waals surface area contributed by atoms with Crippen LogP contribution in [0.3, 0.4) is 0 Å². The highest BCUT2D eigenvalue weighted by atomic mass is 35.5. The molecule has 2 aliphatic heterocycles. The Morgan fingerprint density at radius 1 is 1.21 bits per heavy atom. The van der Waals surface area contributed by atoms with Gasteiger partial charge in [-0.25, -0.2) is 0 Å². The average Bonchev–Trinajstić information content (AvgIpc) is 2.94. The van der Waals surface area contributed by atoms with Crippen LogP contribution in [-0.2, 0) is 0 Å². The van der Waals surface area contributed by atoms with Crippen molar-refractivity contribution in [3.63, 3.8) is 0 Å². The molecule has 0 aromatic heterocycles. The monoisotopic (exact) mass is 378 g/mol. The molecule has 0 amide bonds. The van der Waals surface area contributed by atoms with Crippen LogP contribution in [-0.4, -0.2) is 24.9 Å². The molecule has 0 saturated carbocycles. The maximum Gasteiger partial charge on any atom is 0.0517 e. The number of benzene rings is 2. The summed E-state index contributed by atoms with van der Waals surface area (Å²) in [7, 11) is 0. The van der Waals surface area contributed by atoms with E-state index in [9.17, 15) is 0 Å². The van der Waals surface area contributed by atoms with Gasteiger partial charge >= 0.3 is 0 Å². The second-order valence-electron chi connectivity index (χ2n) is 6.35. The number of piperidine rings is 1. The molecule has 1 fully saturated rings. The van der Waals surface area contributed by atoms with Gasteiger partial charge in [-0.05, 0) is 54.1 Å². The SMILES string of the molecule is CCSc1cc(-c2ccc(Cl)cc2Cl)cc2c1NC1CCNCC21. The first kappa shape index (κ1) is 16.6. The second-order valence-corrected chi connectivity index (χ2v) is 8.50. The molecule has 5 heteroatoms. The van der Waals surface area contributed by atoms with Gasteiger partial charge in [-0.3, -0.25) is 0 Å². The van der Waals surface area contributed by atoms with Crippen molar-refractivity contribution < 1.29 is 0 Å². The Labute approximate surface area is 157 Å². The number of fused-ring (bicyclic) bond motifs is 3. The van der Waals surface area contributed by atoms with Crippen LogP contribution in [0.2, 0.25) is 10.0 Å². The van der Waals surface area contributed by atoms with Gasteiger partial charge < -0.3 is 10.6 Å². The molecule has 0 aliphatic carbocycles. The van der Waals surface area contributed by atoms with Crippen LogP contribution in [0.5, 0.6) is 0 Å². The van der Waals surface area contributed by atoms with E-state index in [4.69, 9.17) is 23.2 Å². The van der Waals surface area contributed by atoms with E-state index in [2.05, 4.69) is 29.7 Å². The maximum atomic E-state index is 6.46. The number of anilines is 1. The van der Waals surface area contributed by atoms with E-state index in [0.717, 1.165) is 24.4 Å². The van der Waals surface area contributed by atoms with Gasteiger partial charge in [0.25, 0.3) is 0 Å². The van der Waals surface area contributed by atoms with Crippen LogP contribution in [0.15, 0.2) is 35.2 Å². The minimum absolute atomic E-state index is 0.538. The first-order chi connectivity index (χ1) is 11.7. The third-order valence-corrected chi connectivity index (χ3v) is 6.36. The minimum atomic E-state index is 0.538. The second kappa shape index (κ2) is 6.80. The molecular weight excluding hydrogens is 359 g/mol. The fraction of sp³-hybridized carbons (Fsp3) is 0.368. The van der Waals surface area contributed by atoms with Crippen molar-refractivity contribution in [1.29, 1.82) is 0 Å². The summed E-state index contributed by atoms with van der Waals surface area (Å²) in [4.78, 5) is 1.32. The van der Waals surface area contributed by atoms with E-state index in [1.807, 2.05) is 30.0 Å². The summed E-state index contributed by atoms with van der Waals surface area (Å²) < 4.78 is 0. The van der Waals surface area contributed by atoms with Gasteiger partial charge in [0.2, 0.25) is 0 Å². The van der Waals surface area contributed by atoms with Crippen LogP contribution in [0.25, 0.3) is 11.1 Å². The van der Waals surface area contributed by atoms with Crippen molar-refractivity contribution in [3.05, 3.63) is 45.9 Å². The molecule has 2 heterocycles. The summed E-state index contributed by atoms with van der Waals surface area (Å²) in [6.45, 7) is 4.33. The number of hydrogen-bond donors (Lipinski definition) is 2. The third-order valence-electron chi connectivity index (χ3n) is 4.89. The van der Waals surface area contributed by atoms with Crippen molar-refractivity contribution in [2.75, 3.05) is 24.2 Å². The summed E-state index contributed by atoms with van der Waals surface area (Å²) in [5, 5.41) is 8.69. The highest BCUT2D eigenvalue weighted by Crippen LogP contribution is 2.46. The van der Waals surface area contributed by atoms with Gasteiger partial charge in [0, 0.05) is 39.0 Å². The number of rotatable bonds is 3. The molecule has 126 valence electrons. The van der Waals surface area contributed by atoms with Crippen LogP contribution in [0, 0.1) is 0 Å². The number of thioether (sulfide) groups is 1. The lowest BCUT2D eigenvalue weighted by Crippen LogP contribution is -2.38. The summed E-state index contributed by atoms with van der Waals surface area (Å²) >= 11 is 14.4. The minimum Gasteiger partial charge on any atom is -0.380 e. The van der Waals surface area contributed by atoms with Gasteiger partial charge in [0.15, 0.2) is 0 Å². The Morgan fingerprint density at radius 3 is 2.88 bits per heavy atom. The van der Waals surface area contributed by atoms with Gasteiger partial charge in [-0.2, -0.15) is 0 Å². The van der Waals surface area contributed by atoms with E-state index >= 15 is 0 Å². The van der Waals surface area contributed by atoms with Crippen molar-refractivity contribution in [2.45, 2.75) is 30.2 Å². The molecule has 24 heavy (non-hydrogen) atoms. The molecule has 2 unspecified atom stereocenters. The summed E-state index contributed by atoms with van der Waals surface area (Å²) in [6, 6.07) is 10.9. The number of halogens is 2. The standard InChI is InChI=1S/C19H20Cl2N2S/c1-2-24-18-8-11(13-4-3-12(20)9-16(13)21)7-14-15-10-22-6-5-17(15)23-19(14)18/h3-4,7-9,15,17,22-23H,2,5-6,10H2,1H3. The van der Waals surface area contributed by atoms with Crippen LogP contribution < -0.4 is 10.6 Å². The summed E-state index contributed by atoms with van der Waals surface area (Å²) in [5.41, 5.74) is 4.98. The molecule has 0 spiro atoms. The summed E-state index contributed by atoms with van der Waals surface area (Å²) in [5.74, 6) is 1.59. The fourth-order valence-electron chi connectivity index (χ4n) is 3.78. The van der Waals surface area contributed by atoms with Gasteiger partial charge in [0.1, 0.15) is 0 Å². The fourth-order valence-corrected chi connectivity index (χ4v) is 5.14. The molecule has 0 radical (unpaired) electrons. The van der Waals surface area contributed by atoms with E-state index in [1.165, 1.54) is 28.1 Å². The summed E-state index contributed by atoms with van der Waals surface area (Å²) in [6.07, 6.45) is 1.17. The predicted molar refractivity (Wildman–Crippen MR) is 106 cm³/mol. The molecule has 4 rings (SSSR count). The van der Waals surface area contributed by atoms with Crippen molar-refractivity contribution >= 4 is 40.7 Å². The number of nitrogens with one attached hydrogen (secondary N) is 2. The first-order valence-corrected chi connectivity index (χ1v) is 10.1. The highest BCUT2D eigenvalue weighted by molar-refractivity contribution is 7.99. The molecule has 2 nitrogen and oxygen atoms in total. The van der Waals surface area contributed by atoms with Gasteiger partial charge in [0.05, 0.1) is 5.69 Å². The normalized spacial score (nSPS) is 22.0. The lowest BCUT2D eigenvalue weighted by molar-refractivity contribution is 0.440. The highest BCUT2D eigenvalue weighted by Gasteiger charge is 2.35. The topological polar surface area (TPSA) is 24.1 Å². The maximum absolute atomic E-state index is 6.46. The third kappa shape index (κ3) is 2.92. The van der Waals surface area contributed by atoms with E-state index < -0.39 is 0 Å². The van der Waals surface area contributed by atoms with Crippen molar-refractivity contribution in [3.8, 4) is 11.1 Å². The average molecular weight is 379 g/mol. The molecule has 1 saturated heterocycles. The van der Waals surface area contributed by atoms with E-state index in [0.29, 0.717) is 22.0 Å². The number of hydrogen-bond acceptors (Lipinski definition) is 3. The Bertz CT molecular complexity index is 778. The lowest BCUT2D eigenvalue weighted by Gasteiger charge is -2.26. The van der Waals surface area contributed by atoms with Crippen LogP contribution >= 0.6 is 35.0 Å². The molecule has 2 atom stereocenters. The zero-order valence-electron chi connectivity index (χ0n) is 13.5. The van der Waals surface area contributed by atoms with Crippen molar-refractivity contribution in [2.24, 2.45) is 0 Å². The quantitative estimate of drug-likeness (QED) is 0.675. The van der Waals surface area contributed by atoms with Gasteiger partial charge in [-0.1, -0.05) is 36.2 Å². The van der Waals surface area contributed by atoms with E-state index in [1.54, 1.807) is 0 Å². The smallest absolute Gasteiger partial charge is 0.0517 e. The molecular formula is C19H20Cl2N2S. The largest absolute Gasteiger partial charge is 0.380 e. The molecule has 2 aromatic carbocycles. The predicted octanol–water partition coefficient (Wildman–Crippen LogP) is 5.64. The lowest BCUT2D eigenvalue weighted by atomic mass is 9.89. The Hall–Kier alpha value is -0.870. The zero-order valence-corrected chi connectivity index (χ0v) is 15.9. The Morgan fingerprint density at radius 2 is 2.08 bits per heavy atom. The van der Waals surface area contributed by atoms with Crippen LogP contribution in [0.1, 0.15) is 24.8 Å². The van der Waals surface area contributed by atoms with Crippen molar-refractivity contribution in [1.82, 2.24) is 5.32 Å². The van der Waals surface area contributed by atoms with E-state index in [-0.39, 0.29) is 0 Å². The zero-order chi connectivity index (χ0) is 16.7.